The van der Waals surface area contributed by atoms with Gasteiger partial charge in [0.1, 0.15) is 11.5 Å². The SMILES string of the molecule is Cc1nc(C(C)C)sc1C(=O)N(C)CC1COc2ccccc2O1. The van der Waals surface area contributed by atoms with E-state index in [2.05, 4.69) is 18.8 Å². The van der Waals surface area contributed by atoms with E-state index in [1.54, 1.807) is 11.9 Å². The van der Waals surface area contributed by atoms with Crippen LogP contribution >= 0.6 is 11.3 Å². The van der Waals surface area contributed by atoms with Crippen molar-refractivity contribution in [2.75, 3.05) is 20.2 Å². The summed E-state index contributed by atoms with van der Waals surface area (Å²) in [5, 5.41) is 0.996. The molecule has 1 atom stereocenters. The van der Waals surface area contributed by atoms with Crippen LogP contribution in [-0.2, 0) is 0 Å². The lowest BCUT2D eigenvalue weighted by Crippen LogP contribution is -2.41. The van der Waals surface area contributed by atoms with Crippen LogP contribution in [0.1, 0.15) is 40.1 Å². The second-order valence-corrected chi connectivity index (χ2v) is 7.34. The first-order valence-corrected chi connectivity index (χ1v) is 8.88. The Bertz CT molecular complexity index is 742. The van der Waals surface area contributed by atoms with Crippen molar-refractivity contribution in [1.29, 1.82) is 0 Å². The van der Waals surface area contributed by atoms with Gasteiger partial charge in [0.05, 0.1) is 17.2 Å². The maximum atomic E-state index is 12.7. The van der Waals surface area contributed by atoms with E-state index in [9.17, 15) is 4.79 Å². The number of carbonyl (C=O) groups is 1. The van der Waals surface area contributed by atoms with Crippen molar-refractivity contribution < 1.29 is 14.3 Å². The zero-order valence-corrected chi connectivity index (χ0v) is 15.2. The first kappa shape index (κ1) is 16.8. The fourth-order valence-corrected chi connectivity index (χ4v) is 3.64. The Labute approximate surface area is 146 Å². The molecule has 0 aliphatic carbocycles. The number of nitrogens with zero attached hydrogens (tertiary/aromatic N) is 2. The zero-order chi connectivity index (χ0) is 17.3. The van der Waals surface area contributed by atoms with Gasteiger partial charge in [-0.2, -0.15) is 0 Å². The van der Waals surface area contributed by atoms with Crippen LogP contribution in [-0.4, -0.2) is 42.1 Å². The summed E-state index contributed by atoms with van der Waals surface area (Å²) >= 11 is 1.48. The third-order valence-corrected chi connectivity index (χ3v) is 5.34. The van der Waals surface area contributed by atoms with Gasteiger partial charge in [-0.15, -0.1) is 11.3 Å². The molecule has 0 N–H and O–H groups in total. The van der Waals surface area contributed by atoms with E-state index in [0.29, 0.717) is 23.9 Å². The van der Waals surface area contributed by atoms with Crippen LogP contribution in [0.3, 0.4) is 0 Å². The Morgan fingerprint density at radius 2 is 2.08 bits per heavy atom. The van der Waals surface area contributed by atoms with Crippen molar-refractivity contribution in [3.05, 3.63) is 39.8 Å². The topological polar surface area (TPSA) is 51.7 Å². The number of ether oxygens (including phenoxy) is 2. The lowest BCUT2D eigenvalue weighted by atomic mass is 10.2. The van der Waals surface area contributed by atoms with Crippen molar-refractivity contribution in [1.82, 2.24) is 9.88 Å². The third-order valence-electron chi connectivity index (χ3n) is 3.89. The predicted octanol–water partition coefficient (Wildman–Crippen LogP) is 3.49. The van der Waals surface area contributed by atoms with E-state index < -0.39 is 0 Å². The van der Waals surface area contributed by atoms with Crippen molar-refractivity contribution in [3.8, 4) is 11.5 Å². The number of aryl methyl sites for hydroxylation is 1. The number of thiazole rings is 1. The molecule has 5 nitrogen and oxygen atoms in total. The number of fused-ring (bicyclic) bond motifs is 1. The highest BCUT2D eigenvalue weighted by Crippen LogP contribution is 2.31. The van der Waals surface area contributed by atoms with Gasteiger partial charge in [0, 0.05) is 13.0 Å². The molecule has 1 unspecified atom stereocenters. The second-order valence-electron chi connectivity index (χ2n) is 6.30. The first-order chi connectivity index (χ1) is 11.5. The highest BCUT2D eigenvalue weighted by Gasteiger charge is 2.26. The molecule has 0 bridgehead atoms. The van der Waals surface area contributed by atoms with Crippen molar-refractivity contribution >= 4 is 17.2 Å². The van der Waals surface area contributed by atoms with Crippen LogP contribution in [0.5, 0.6) is 11.5 Å². The standard InChI is InChI=1S/C18H22N2O3S/c1-11(2)17-19-12(3)16(24-17)18(21)20(4)9-13-10-22-14-7-5-6-8-15(14)23-13/h5-8,11,13H,9-10H2,1-4H3. The summed E-state index contributed by atoms with van der Waals surface area (Å²) in [5.41, 5.74) is 0.798. The van der Waals surface area contributed by atoms with Gasteiger partial charge < -0.3 is 14.4 Å². The maximum Gasteiger partial charge on any atom is 0.265 e. The molecule has 1 aromatic heterocycles. The number of aromatic nitrogens is 1. The highest BCUT2D eigenvalue weighted by atomic mass is 32.1. The van der Waals surface area contributed by atoms with Gasteiger partial charge in [0.25, 0.3) is 5.91 Å². The van der Waals surface area contributed by atoms with Crippen molar-refractivity contribution in [2.24, 2.45) is 0 Å². The molecular weight excluding hydrogens is 324 g/mol. The average molecular weight is 346 g/mol. The Morgan fingerprint density at radius 3 is 2.75 bits per heavy atom. The van der Waals surface area contributed by atoms with Crippen LogP contribution < -0.4 is 9.47 Å². The number of carbonyl (C=O) groups excluding carboxylic acids is 1. The molecule has 2 aromatic rings. The molecule has 0 radical (unpaired) electrons. The summed E-state index contributed by atoms with van der Waals surface area (Å²) in [6.45, 7) is 6.97. The third kappa shape index (κ3) is 3.38. The van der Waals surface area contributed by atoms with E-state index in [0.717, 1.165) is 22.2 Å². The van der Waals surface area contributed by atoms with Crippen LogP contribution in [0.15, 0.2) is 24.3 Å². The minimum Gasteiger partial charge on any atom is -0.486 e. The first-order valence-electron chi connectivity index (χ1n) is 8.07. The number of benzene rings is 1. The molecule has 0 fully saturated rings. The summed E-state index contributed by atoms with van der Waals surface area (Å²) in [5.74, 6) is 1.79. The number of amides is 1. The lowest BCUT2D eigenvalue weighted by Gasteiger charge is -2.29. The minimum absolute atomic E-state index is 0.0145. The Balaban J connectivity index is 1.67. The molecule has 1 aliphatic heterocycles. The smallest absolute Gasteiger partial charge is 0.265 e. The molecular formula is C18H22N2O3S. The molecule has 0 saturated heterocycles. The second kappa shape index (κ2) is 6.81. The van der Waals surface area contributed by atoms with E-state index in [-0.39, 0.29) is 12.0 Å². The number of hydrogen-bond donors (Lipinski definition) is 0. The van der Waals surface area contributed by atoms with Crippen molar-refractivity contribution in [2.45, 2.75) is 32.8 Å². The number of likely N-dealkylation sites (N-methyl/N-ethyl adjacent to an activating group) is 1. The molecule has 6 heteroatoms. The number of hydrogen-bond acceptors (Lipinski definition) is 5. The fraction of sp³-hybridized carbons (Fsp3) is 0.444. The molecule has 3 rings (SSSR count). The summed E-state index contributed by atoms with van der Waals surface area (Å²) in [6, 6.07) is 7.59. The van der Waals surface area contributed by atoms with Gasteiger partial charge in [0.15, 0.2) is 17.6 Å². The molecule has 1 amide bonds. The zero-order valence-electron chi connectivity index (χ0n) is 14.4. The minimum atomic E-state index is -0.174. The van der Waals surface area contributed by atoms with Gasteiger partial charge in [-0.1, -0.05) is 26.0 Å². The van der Waals surface area contributed by atoms with Crippen LogP contribution in [0.2, 0.25) is 0 Å². The monoisotopic (exact) mass is 346 g/mol. The van der Waals surface area contributed by atoms with Crippen LogP contribution in [0, 0.1) is 6.92 Å². The summed E-state index contributed by atoms with van der Waals surface area (Å²) in [7, 11) is 1.79. The van der Waals surface area contributed by atoms with Gasteiger partial charge in [0.2, 0.25) is 0 Å². The molecule has 0 saturated carbocycles. The Hall–Kier alpha value is -2.08. The van der Waals surface area contributed by atoms with Crippen LogP contribution in [0.25, 0.3) is 0 Å². The van der Waals surface area contributed by atoms with Gasteiger partial charge in [-0.05, 0) is 19.1 Å². The van der Waals surface area contributed by atoms with E-state index in [1.807, 2.05) is 31.2 Å². The molecule has 2 heterocycles. The molecule has 0 spiro atoms. The molecule has 24 heavy (non-hydrogen) atoms. The normalized spacial score (nSPS) is 16.3. The maximum absolute atomic E-state index is 12.7. The molecule has 128 valence electrons. The highest BCUT2D eigenvalue weighted by molar-refractivity contribution is 7.13. The largest absolute Gasteiger partial charge is 0.486 e. The summed E-state index contributed by atoms with van der Waals surface area (Å²) < 4.78 is 11.6. The summed E-state index contributed by atoms with van der Waals surface area (Å²) in [6.07, 6.45) is -0.174. The molecule has 1 aromatic carbocycles. The lowest BCUT2D eigenvalue weighted by molar-refractivity contribution is 0.0523. The number of rotatable bonds is 4. The van der Waals surface area contributed by atoms with Crippen LogP contribution in [0.4, 0.5) is 0 Å². The number of para-hydroxylation sites is 2. The van der Waals surface area contributed by atoms with Crippen molar-refractivity contribution in [3.63, 3.8) is 0 Å². The van der Waals surface area contributed by atoms with Gasteiger partial charge in [-0.3, -0.25) is 4.79 Å². The van der Waals surface area contributed by atoms with E-state index in [4.69, 9.17) is 9.47 Å². The Kier molecular flexibility index (Phi) is 4.76. The average Bonchev–Trinajstić information content (AvgIpc) is 2.96. The van der Waals surface area contributed by atoms with Gasteiger partial charge in [-0.25, -0.2) is 4.98 Å². The quantitative estimate of drug-likeness (QED) is 0.850. The van der Waals surface area contributed by atoms with E-state index in [1.165, 1.54) is 11.3 Å². The molecule has 1 aliphatic rings. The van der Waals surface area contributed by atoms with E-state index >= 15 is 0 Å². The van der Waals surface area contributed by atoms with Gasteiger partial charge >= 0.3 is 0 Å². The Morgan fingerprint density at radius 1 is 1.38 bits per heavy atom. The fourth-order valence-electron chi connectivity index (χ4n) is 2.58. The predicted molar refractivity (Wildman–Crippen MR) is 94.3 cm³/mol. The summed E-state index contributed by atoms with van der Waals surface area (Å²) in [4.78, 5) is 19.6.